The molecule has 0 aromatic rings. The van der Waals surface area contributed by atoms with Crippen molar-refractivity contribution >= 4 is 11.6 Å². The van der Waals surface area contributed by atoms with Gasteiger partial charge < -0.3 is 10.2 Å². The fourth-order valence-corrected chi connectivity index (χ4v) is 1.17. The minimum Gasteiger partial charge on any atom is -0.391 e. The molecule has 0 spiro atoms. The van der Waals surface area contributed by atoms with Crippen molar-refractivity contribution in [3.63, 3.8) is 0 Å². The number of hydrogen-bond donors (Lipinski definition) is 2. The van der Waals surface area contributed by atoms with Gasteiger partial charge in [0.25, 0.3) is 0 Å². The minimum atomic E-state index is -0.494. The molecule has 0 aromatic carbocycles. The van der Waals surface area contributed by atoms with Crippen LogP contribution in [0.1, 0.15) is 12.8 Å². The van der Waals surface area contributed by atoms with Crippen molar-refractivity contribution < 1.29 is 10.2 Å². The maximum absolute atomic E-state index is 8.88. The lowest BCUT2D eigenvalue weighted by Gasteiger charge is -2.07. The van der Waals surface area contributed by atoms with E-state index in [2.05, 4.69) is 0 Å². The van der Waals surface area contributed by atoms with E-state index < -0.39 is 17.6 Å². The summed E-state index contributed by atoms with van der Waals surface area (Å²) in [6.07, 6.45) is 0.281. The molecule has 1 aliphatic rings. The van der Waals surface area contributed by atoms with Crippen molar-refractivity contribution in [3.8, 4) is 0 Å². The summed E-state index contributed by atoms with van der Waals surface area (Å²) in [6, 6.07) is 0. The molecule has 1 rings (SSSR count). The van der Waals surface area contributed by atoms with Crippen molar-refractivity contribution in [2.75, 3.05) is 0 Å². The lowest BCUT2D eigenvalue weighted by atomic mass is 10.3. The Hall–Kier alpha value is 0.210. The second-order valence-corrected chi connectivity index (χ2v) is 2.66. The van der Waals surface area contributed by atoms with Gasteiger partial charge in [0.15, 0.2) is 0 Å². The first kappa shape index (κ1) is 6.33. The van der Waals surface area contributed by atoms with Gasteiger partial charge in [0.1, 0.15) is 0 Å². The molecular formula is C5H9ClO2. The summed E-state index contributed by atoms with van der Waals surface area (Å²) in [5, 5.41) is 17.3. The van der Waals surface area contributed by atoms with E-state index in [0.29, 0.717) is 12.8 Å². The Morgan fingerprint density at radius 3 is 1.62 bits per heavy atom. The lowest BCUT2D eigenvalue weighted by molar-refractivity contribution is 0.142. The summed E-state index contributed by atoms with van der Waals surface area (Å²) in [6.45, 7) is 0. The summed E-state index contributed by atoms with van der Waals surface area (Å²) in [7, 11) is 0. The molecule has 0 heterocycles. The second kappa shape index (κ2) is 2.21. The third kappa shape index (κ3) is 0.966. The monoisotopic (exact) mass is 136 g/mol. The summed E-state index contributed by atoms with van der Waals surface area (Å²) in [5.41, 5.74) is 0. The Labute approximate surface area is 53.1 Å². The van der Waals surface area contributed by atoms with Crippen LogP contribution in [0.4, 0.5) is 0 Å². The summed E-state index contributed by atoms with van der Waals surface area (Å²) < 4.78 is 0. The van der Waals surface area contributed by atoms with Gasteiger partial charge in [-0.15, -0.1) is 11.6 Å². The zero-order valence-corrected chi connectivity index (χ0v) is 5.17. The van der Waals surface area contributed by atoms with Gasteiger partial charge in [-0.1, -0.05) is 0 Å². The number of aliphatic hydroxyl groups is 2. The third-order valence-electron chi connectivity index (χ3n) is 1.49. The maximum Gasteiger partial charge on any atom is 0.0853 e. The molecule has 2 atom stereocenters. The van der Waals surface area contributed by atoms with E-state index in [1.807, 2.05) is 0 Å². The van der Waals surface area contributed by atoms with Crippen molar-refractivity contribution in [1.82, 2.24) is 0 Å². The van der Waals surface area contributed by atoms with E-state index in [9.17, 15) is 0 Å². The highest BCUT2D eigenvalue weighted by atomic mass is 35.5. The highest BCUT2D eigenvalue weighted by Gasteiger charge is 2.31. The SMILES string of the molecule is OC1CCC(O)C1Cl. The van der Waals surface area contributed by atoms with Crippen molar-refractivity contribution in [2.24, 2.45) is 0 Å². The third-order valence-corrected chi connectivity index (χ3v) is 2.08. The summed E-state index contributed by atoms with van der Waals surface area (Å²) in [5.74, 6) is 0. The molecule has 0 radical (unpaired) electrons. The quantitative estimate of drug-likeness (QED) is 0.464. The zero-order valence-electron chi connectivity index (χ0n) is 4.42. The van der Waals surface area contributed by atoms with E-state index in [1.165, 1.54) is 0 Å². The number of rotatable bonds is 0. The largest absolute Gasteiger partial charge is 0.391 e. The number of halogens is 1. The predicted octanol–water partition coefficient (Wildman–Crippen LogP) is 0.109. The average Bonchev–Trinajstić information content (AvgIpc) is 1.98. The molecule has 2 N–H and O–H groups in total. The first-order chi connectivity index (χ1) is 3.72. The van der Waals surface area contributed by atoms with Gasteiger partial charge in [-0.2, -0.15) is 0 Å². The predicted molar refractivity (Wildman–Crippen MR) is 30.9 cm³/mol. The van der Waals surface area contributed by atoms with E-state index in [4.69, 9.17) is 21.8 Å². The van der Waals surface area contributed by atoms with Gasteiger partial charge in [-0.05, 0) is 12.8 Å². The Morgan fingerprint density at radius 2 is 1.50 bits per heavy atom. The standard InChI is InChI=1S/C5H9ClO2/c6-5-3(7)1-2-4(5)8/h3-5,7-8H,1-2H2. The smallest absolute Gasteiger partial charge is 0.0853 e. The van der Waals surface area contributed by atoms with Crippen LogP contribution in [0, 0.1) is 0 Å². The fourth-order valence-electron chi connectivity index (χ4n) is 0.916. The van der Waals surface area contributed by atoms with Crippen molar-refractivity contribution in [3.05, 3.63) is 0 Å². The van der Waals surface area contributed by atoms with Crippen LogP contribution in [0.5, 0.6) is 0 Å². The second-order valence-electron chi connectivity index (χ2n) is 2.16. The van der Waals surface area contributed by atoms with Gasteiger partial charge in [0.05, 0.1) is 17.6 Å². The minimum absolute atomic E-state index is 0.435. The lowest BCUT2D eigenvalue weighted by Crippen LogP contribution is -2.22. The molecule has 1 fully saturated rings. The highest BCUT2D eigenvalue weighted by molar-refractivity contribution is 6.21. The molecule has 0 aromatic heterocycles. The average molecular weight is 137 g/mol. The summed E-state index contributed by atoms with van der Waals surface area (Å²) >= 11 is 5.51. The molecule has 3 heteroatoms. The van der Waals surface area contributed by atoms with Crippen LogP contribution < -0.4 is 0 Å². The molecule has 0 saturated heterocycles. The molecule has 0 aliphatic heterocycles. The topological polar surface area (TPSA) is 40.5 Å². The molecule has 8 heavy (non-hydrogen) atoms. The van der Waals surface area contributed by atoms with E-state index in [1.54, 1.807) is 0 Å². The van der Waals surface area contributed by atoms with Gasteiger partial charge in [-0.25, -0.2) is 0 Å². The van der Waals surface area contributed by atoms with Gasteiger partial charge >= 0.3 is 0 Å². The normalized spacial score (nSPS) is 47.6. The maximum atomic E-state index is 8.88. The molecule has 1 aliphatic carbocycles. The highest BCUT2D eigenvalue weighted by Crippen LogP contribution is 2.23. The van der Waals surface area contributed by atoms with E-state index in [0.717, 1.165) is 0 Å². The van der Waals surface area contributed by atoms with Crippen LogP contribution >= 0.6 is 11.6 Å². The fraction of sp³-hybridized carbons (Fsp3) is 1.00. The van der Waals surface area contributed by atoms with Crippen molar-refractivity contribution in [1.29, 1.82) is 0 Å². The Bertz CT molecular complexity index is 76.5. The van der Waals surface area contributed by atoms with Crippen LogP contribution in [0.3, 0.4) is 0 Å². The summed E-state index contributed by atoms with van der Waals surface area (Å²) in [4.78, 5) is 0. The number of hydrogen-bond acceptors (Lipinski definition) is 2. The van der Waals surface area contributed by atoms with Gasteiger partial charge in [0.2, 0.25) is 0 Å². The van der Waals surface area contributed by atoms with E-state index in [-0.39, 0.29) is 0 Å². The molecule has 2 unspecified atom stereocenters. The number of alkyl halides is 1. The molecule has 1 saturated carbocycles. The first-order valence-corrected chi connectivity index (χ1v) is 3.15. The van der Waals surface area contributed by atoms with Crippen molar-refractivity contribution in [2.45, 2.75) is 30.4 Å². The van der Waals surface area contributed by atoms with Gasteiger partial charge in [-0.3, -0.25) is 0 Å². The number of aliphatic hydroxyl groups excluding tert-OH is 2. The van der Waals surface area contributed by atoms with Crippen LogP contribution in [-0.2, 0) is 0 Å². The molecular weight excluding hydrogens is 128 g/mol. The Morgan fingerprint density at radius 1 is 1.12 bits per heavy atom. The molecule has 0 amide bonds. The van der Waals surface area contributed by atoms with Crippen LogP contribution in [-0.4, -0.2) is 27.8 Å². The molecule has 48 valence electrons. The Kier molecular flexibility index (Phi) is 1.75. The molecule has 0 bridgehead atoms. The Balaban J connectivity index is 2.44. The zero-order chi connectivity index (χ0) is 6.15. The van der Waals surface area contributed by atoms with Crippen LogP contribution in [0.25, 0.3) is 0 Å². The molecule has 2 nitrogen and oxygen atoms in total. The van der Waals surface area contributed by atoms with Gasteiger partial charge in [0, 0.05) is 0 Å². The van der Waals surface area contributed by atoms with Crippen LogP contribution in [0.15, 0.2) is 0 Å². The first-order valence-electron chi connectivity index (χ1n) is 2.72. The van der Waals surface area contributed by atoms with E-state index >= 15 is 0 Å². The van der Waals surface area contributed by atoms with Crippen LogP contribution in [0.2, 0.25) is 0 Å².